The maximum atomic E-state index is 5.34. The molecule has 0 radical (unpaired) electrons. The number of unbranched alkanes of at least 4 members (excludes halogenated alkanes) is 2. The van der Waals surface area contributed by atoms with Crippen LogP contribution in [0, 0.1) is 0 Å². The number of thiocarbonyl (C=S) groups is 1. The van der Waals surface area contributed by atoms with Gasteiger partial charge in [-0.3, -0.25) is 0 Å². The third kappa shape index (κ3) is 7.95. The Kier molecular flexibility index (Phi) is 8.83. The molecule has 0 aromatic heterocycles. The molecule has 0 spiro atoms. The van der Waals surface area contributed by atoms with Gasteiger partial charge in [0, 0.05) is 13.0 Å². The molecule has 0 aliphatic carbocycles. The van der Waals surface area contributed by atoms with Gasteiger partial charge in [0.1, 0.15) is 0 Å². The van der Waals surface area contributed by atoms with Crippen LogP contribution in [0.4, 0.5) is 0 Å². The summed E-state index contributed by atoms with van der Waals surface area (Å²) in [5.41, 5.74) is 0. The van der Waals surface area contributed by atoms with E-state index < -0.39 is 0 Å². The Labute approximate surface area is 80.2 Å². The van der Waals surface area contributed by atoms with E-state index in [2.05, 4.69) is 6.92 Å². The first-order chi connectivity index (χ1) is 5.81. The maximum Gasteiger partial charge on any atom is 0.161 e. The highest BCUT2D eigenvalue weighted by Gasteiger charge is 1.94. The van der Waals surface area contributed by atoms with Gasteiger partial charge in [-0.2, -0.15) is 0 Å². The van der Waals surface area contributed by atoms with Crippen LogP contribution < -0.4 is 0 Å². The third-order valence-electron chi connectivity index (χ3n) is 1.57. The van der Waals surface area contributed by atoms with E-state index >= 15 is 0 Å². The van der Waals surface area contributed by atoms with Crippen LogP contribution in [0.5, 0.6) is 0 Å². The minimum atomic E-state index is 0.630. The zero-order chi connectivity index (χ0) is 9.23. The molecule has 0 saturated carbocycles. The Morgan fingerprint density at radius 2 is 2.00 bits per heavy atom. The van der Waals surface area contributed by atoms with E-state index in [1.54, 1.807) is 7.11 Å². The van der Waals surface area contributed by atoms with Gasteiger partial charge in [0.15, 0.2) is 5.05 Å². The molecule has 0 aliphatic rings. The molecular weight excluding hydrogens is 172 g/mol. The lowest BCUT2D eigenvalue weighted by molar-refractivity contribution is 0.134. The van der Waals surface area contributed by atoms with Gasteiger partial charge >= 0.3 is 0 Å². The van der Waals surface area contributed by atoms with E-state index in [0.29, 0.717) is 11.7 Å². The van der Waals surface area contributed by atoms with Crippen molar-refractivity contribution >= 4 is 17.3 Å². The van der Waals surface area contributed by atoms with E-state index in [1.165, 1.54) is 12.8 Å². The van der Waals surface area contributed by atoms with E-state index in [4.69, 9.17) is 21.7 Å². The summed E-state index contributed by atoms with van der Waals surface area (Å²) in [4.78, 5) is 0. The van der Waals surface area contributed by atoms with E-state index in [9.17, 15) is 0 Å². The fourth-order valence-electron chi connectivity index (χ4n) is 0.814. The van der Waals surface area contributed by atoms with Gasteiger partial charge in [-0.05, 0) is 18.6 Å². The smallest absolute Gasteiger partial charge is 0.161 e. The van der Waals surface area contributed by atoms with Crippen LogP contribution in [0.25, 0.3) is 0 Å². The molecule has 0 aromatic carbocycles. The van der Waals surface area contributed by atoms with Gasteiger partial charge in [-0.1, -0.05) is 19.8 Å². The Balaban J connectivity index is 2.95. The van der Waals surface area contributed by atoms with Gasteiger partial charge in [0.25, 0.3) is 0 Å². The van der Waals surface area contributed by atoms with E-state index in [-0.39, 0.29) is 0 Å². The van der Waals surface area contributed by atoms with Gasteiger partial charge in [-0.25, -0.2) is 0 Å². The molecule has 12 heavy (non-hydrogen) atoms. The fraction of sp³-hybridized carbons (Fsp3) is 0.889. The average molecular weight is 190 g/mol. The molecule has 0 fully saturated rings. The van der Waals surface area contributed by atoms with Crippen LogP contribution in [-0.2, 0) is 9.47 Å². The highest BCUT2D eigenvalue weighted by molar-refractivity contribution is 7.80. The Morgan fingerprint density at radius 1 is 1.25 bits per heavy atom. The van der Waals surface area contributed by atoms with Crippen molar-refractivity contribution in [2.45, 2.75) is 32.6 Å². The molecule has 0 heterocycles. The molecule has 72 valence electrons. The molecule has 0 atom stereocenters. The minimum absolute atomic E-state index is 0.630. The summed E-state index contributed by atoms with van der Waals surface area (Å²) in [5, 5.41) is 0.630. The monoisotopic (exact) mass is 190 g/mol. The van der Waals surface area contributed by atoms with Crippen LogP contribution in [0.1, 0.15) is 32.6 Å². The predicted octanol–water partition coefficient (Wildman–Crippen LogP) is 2.56. The molecule has 3 heteroatoms. The topological polar surface area (TPSA) is 18.5 Å². The van der Waals surface area contributed by atoms with Crippen LogP contribution in [0.3, 0.4) is 0 Å². The second kappa shape index (κ2) is 8.94. The zero-order valence-corrected chi connectivity index (χ0v) is 8.78. The number of methoxy groups -OCH3 is 1. The predicted molar refractivity (Wildman–Crippen MR) is 54.6 cm³/mol. The molecule has 0 rings (SSSR count). The third-order valence-corrected chi connectivity index (χ3v) is 1.94. The van der Waals surface area contributed by atoms with Gasteiger partial charge in [0.2, 0.25) is 0 Å². The zero-order valence-electron chi connectivity index (χ0n) is 7.97. The Hall–Kier alpha value is -0.150. The average Bonchev–Trinajstić information content (AvgIpc) is 2.10. The molecule has 2 nitrogen and oxygen atoms in total. The number of hydrogen-bond donors (Lipinski definition) is 0. The van der Waals surface area contributed by atoms with Gasteiger partial charge < -0.3 is 9.47 Å². The largest absolute Gasteiger partial charge is 0.490 e. The number of hydrogen-bond acceptors (Lipinski definition) is 3. The van der Waals surface area contributed by atoms with Crippen LogP contribution in [-0.4, -0.2) is 25.4 Å². The number of ether oxygens (including phenoxy) is 2. The van der Waals surface area contributed by atoms with Gasteiger partial charge in [0.05, 0.1) is 13.7 Å². The quantitative estimate of drug-likeness (QED) is 0.454. The van der Waals surface area contributed by atoms with Crippen molar-refractivity contribution in [1.29, 1.82) is 0 Å². The SMILES string of the molecule is CCCCCOCCC(=S)OC. The second-order valence-electron chi connectivity index (χ2n) is 2.65. The standard InChI is InChI=1S/C9H18O2S/c1-3-4-5-7-11-8-6-9(12)10-2/h3-8H2,1-2H3. The van der Waals surface area contributed by atoms with Crippen molar-refractivity contribution in [3.63, 3.8) is 0 Å². The molecule has 0 unspecified atom stereocenters. The van der Waals surface area contributed by atoms with Gasteiger partial charge in [-0.15, -0.1) is 0 Å². The lowest BCUT2D eigenvalue weighted by Crippen LogP contribution is -2.04. The van der Waals surface area contributed by atoms with Crippen molar-refractivity contribution in [2.75, 3.05) is 20.3 Å². The van der Waals surface area contributed by atoms with E-state index in [0.717, 1.165) is 19.4 Å². The Bertz CT molecular complexity index is 115. The normalized spacial score (nSPS) is 9.83. The van der Waals surface area contributed by atoms with Crippen LogP contribution >= 0.6 is 12.2 Å². The molecule has 0 aromatic rings. The first-order valence-electron chi connectivity index (χ1n) is 4.45. The summed E-state index contributed by atoms with van der Waals surface area (Å²) in [5.74, 6) is 0. The highest BCUT2D eigenvalue weighted by Crippen LogP contribution is 1.95. The summed E-state index contributed by atoms with van der Waals surface area (Å²) >= 11 is 4.85. The molecule has 0 bridgehead atoms. The van der Waals surface area contributed by atoms with Crippen LogP contribution in [0.2, 0.25) is 0 Å². The highest BCUT2D eigenvalue weighted by atomic mass is 32.1. The first-order valence-corrected chi connectivity index (χ1v) is 4.86. The summed E-state index contributed by atoms with van der Waals surface area (Å²) in [6.45, 7) is 3.72. The van der Waals surface area contributed by atoms with Crippen LogP contribution in [0.15, 0.2) is 0 Å². The fourth-order valence-corrected chi connectivity index (χ4v) is 0.897. The summed E-state index contributed by atoms with van der Waals surface area (Å²) < 4.78 is 10.2. The van der Waals surface area contributed by atoms with Crippen molar-refractivity contribution in [2.24, 2.45) is 0 Å². The van der Waals surface area contributed by atoms with Crippen molar-refractivity contribution in [3.05, 3.63) is 0 Å². The lowest BCUT2D eigenvalue weighted by Gasteiger charge is -2.03. The first kappa shape index (κ1) is 11.8. The maximum absolute atomic E-state index is 5.34. The lowest BCUT2D eigenvalue weighted by atomic mass is 10.3. The molecular formula is C9H18O2S. The Morgan fingerprint density at radius 3 is 2.58 bits per heavy atom. The molecule has 0 amide bonds. The van der Waals surface area contributed by atoms with Crippen molar-refractivity contribution < 1.29 is 9.47 Å². The molecule has 0 aliphatic heterocycles. The van der Waals surface area contributed by atoms with Crippen molar-refractivity contribution in [3.8, 4) is 0 Å². The van der Waals surface area contributed by atoms with E-state index in [1.807, 2.05) is 0 Å². The second-order valence-corrected chi connectivity index (χ2v) is 3.10. The molecule has 0 saturated heterocycles. The summed E-state index contributed by atoms with van der Waals surface area (Å²) in [6.07, 6.45) is 4.36. The summed E-state index contributed by atoms with van der Waals surface area (Å²) in [7, 11) is 1.60. The molecule has 0 N–H and O–H groups in total. The summed E-state index contributed by atoms with van der Waals surface area (Å²) in [6, 6.07) is 0. The number of rotatable bonds is 7. The van der Waals surface area contributed by atoms with Crippen molar-refractivity contribution in [1.82, 2.24) is 0 Å². The minimum Gasteiger partial charge on any atom is -0.490 e.